The van der Waals surface area contributed by atoms with Gasteiger partial charge in [0, 0.05) is 19.0 Å². The summed E-state index contributed by atoms with van der Waals surface area (Å²) in [5.41, 5.74) is 0.851. The van der Waals surface area contributed by atoms with Crippen molar-refractivity contribution in [1.82, 2.24) is 10.2 Å². The maximum absolute atomic E-state index is 12.9. The molecule has 1 saturated heterocycles. The summed E-state index contributed by atoms with van der Waals surface area (Å²) in [5.74, 6) is 0.311. The lowest BCUT2D eigenvalue weighted by Crippen LogP contribution is -2.52. The summed E-state index contributed by atoms with van der Waals surface area (Å²) in [6.07, 6.45) is 3.61. The van der Waals surface area contributed by atoms with Crippen LogP contribution in [0.2, 0.25) is 0 Å². The smallest absolute Gasteiger partial charge is 0.243 e. The van der Waals surface area contributed by atoms with Crippen molar-refractivity contribution < 1.29 is 14.0 Å². The molecule has 0 aromatic heterocycles. The Labute approximate surface area is 136 Å². The fourth-order valence-electron chi connectivity index (χ4n) is 3.26. The Balaban J connectivity index is 1.59. The Hall–Kier alpha value is -1.91. The second-order valence-corrected chi connectivity index (χ2v) is 6.71. The molecule has 5 heteroatoms. The fourth-order valence-corrected chi connectivity index (χ4v) is 3.26. The Morgan fingerprint density at radius 3 is 2.61 bits per heavy atom. The van der Waals surface area contributed by atoms with Gasteiger partial charge in [-0.05, 0) is 49.3 Å². The van der Waals surface area contributed by atoms with Crippen molar-refractivity contribution >= 4 is 11.8 Å². The highest BCUT2D eigenvalue weighted by Crippen LogP contribution is 2.40. The van der Waals surface area contributed by atoms with Gasteiger partial charge in [-0.1, -0.05) is 19.1 Å². The van der Waals surface area contributed by atoms with Crippen LogP contribution in [0.25, 0.3) is 0 Å². The number of carbonyl (C=O) groups is 2. The molecule has 0 radical (unpaired) electrons. The number of likely N-dealkylation sites (tertiary alicyclic amines) is 1. The van der Waals surface area contributed by atoms with Gasteiger partial charge in [0.25, 0.3) is 0 Å². The third-order valence-electron chi connectivity index (χ3n) is 4.90. The largest absolute Gasteiger partial charge is 0.350 e. The molecule has 23 heavy (non-hydrogen) atoms. The lowest BCUT2D eigenvalue weighted by atomic mass is 10.00. The van der Waals surface area contributed by atoms with Crippen LogP contribution in [0.15, 0.2) is 24.3 Å². The number of amides is 2. The van der Waals surface area contributed by atoms with E-state index in [9.17, 15) is 14.0 Å². The van der Waals surface area contributed by atoms with Crippen molar-refractivity contribution in [2.75, 3.05) is 6.54 Å². The van der Waals surface area contributed by atoms with E-state index in [-0.39, 0.29) is 29.6 Å². The lowest BCUT2D eigenvalue weighted by molar-refractivity contribution is -0.143. The van der Waals surface area contributed by atoms with Gasteiger partial charge in [-0.3, -0.25) is 9.59 Å². The van der Waals surface area contributed by atoms with Gasteiger partial charge >= 0.3 is 0 Å². The molecule has 3 rings (SSSR count). The molecular weight excluding hydrogens is 295 g/mol. The lowest BCUT2D eigenvalue weighted by Gasteiger charge is -2.35. The molecule has 2 amide bonds. The van der Waals surface area contributed by atoms with E-state index in [0.29, 0.717) is 19.0 Å². The number of carbonyl (C=O) groups excluding carboxylic acids is 2. The molecular formula is C18H23FN2O2. The molecule has 0 spiro atoms. The molecule has 1 aromatic carbocycles. The summed E-state index contributed by atoms with van der Waals surface area (Å²) < 4.78 is 12.9. The molecule has 1 aliphatic carbocycles. The zero-order chi connectivity index (χ0) is 16.4. The second kappa shape index (κ2) is 6.69. The van der Waals surface area contributed by atoms with Gasteiger partial charge in [-0.25, -0.2) is 4.39 Å². The highest BCUT2D eigenvalue weighted by Gasteiger charge is 2.44. The summed E-state index contributed by atoms with van der Waals surface area (Å²) in [5, 5.41) is 2.89. The predicted octanol–water partition coefficient (Wildman–Crippen LogP) is 2.48. The maximum Gasteiger partial charge on any atom is 0.243 e. The summed E-state index contributed by atoms with van der Waals surface area (Å²) in [6, 6.07) is 5.72. The number of hydrogen-bond donors (Lipinski definition) is 1. The van der Waals surface area contributed by atoms with Gasteiger partial charge in [0.1, 0.15) is 11.9 Å². The standard InChI is InChI=1S/C18H23FN2O2/c1-12-10-15(12)18(23)21-9-3-2-4-16(21)17(22)20-11-13-5-7-14(19)8-6-13/h5-8,12,15-16H,2-4,9-11H2,1H3,(H,20,22)/t12-,15-,16+/m1/s1. The minimum atomic E-state index is -0.357. The molecule has 2 fully saturated rings. The third-order valence-corrected chi connectivity index (χ3v) is 4.90. The molecule has 1 aromatic rings. The van der Waals surface area contributed by atoms with Crippen LogP contribution in [-0.2, 0) is 16.1 Å². The minimum Gasteiger partial charge on any atom is -0.350 e. The van der Waals surface area contributed by atoms with E-state index >= 15 is 0 Å². The first-order valence-corrected chi connectivity index (χ1v) is 8.39. The van der Waals surface area contributed by atoms with Crippen molar-refractivity contribution in [1.29, 1.82) is 0 Å². The summed E-state index contributed by atoms with van der Waals surface area (Å²) >= 11 is 0. The van der Waals surface area contributed by atoms with Gasteiger partial charge in [-0.15, -0.1) is 0 Å². The Bertz CT molecular complexity index is 587. The first-order valence-electron chi connectivity index (χ1n) is 8.39. The third kappa shape index (κ3) is 3.71. The normalized spacial score (nSPS) is 26.7. The van der Waals surface area contributed by atoms with E-state index in [2.05, 4.69) is 12.2 Å². The highest BCUT2D eigenvalue weighted by molar-refractivity contribution is 5.89. The zero-order valence-corrected chi connectivity index (χ0v) is 13.4. The molecule has 2 aliphatic rings. The van der Waals surface area contributed by atoms with Crippen LogP contribution in [0, 0.1) is 17.7 Å². The van der Waals surface area contributed by atoms with Crippen LogP contribution in [0.3, 0.4) is 0 Å². The van der Waals surface area contributed by atoms with Crippen LogP contribution in [0.4, 0.5) is 4.39 Å². The van der Waals surface area contributed by atoms with Crippen LogP contribution in [-0.4, -0.2) is 29.3 Å². The molecule has 124 valence electrons. The zero-order valence-electron chi connectivity index (χ0n) is 13.4. The van der Waals surface area contributed by atoms with Crippen molar-refractivity contribution in [3.63, 3.8) is 0 Å². The van der Waals surface area contributed by atoms with E-state index < -0.39 is 0 Å². The first kappa shape index (κ1) is 16.0. The van der Waals surface area contributed by atoms with Crippen LogP contribution in [0.1, 0.15) is 38.2 Å². The number of benzene rings is 1. The average Bonchev–Trinajstić information content (AvgIpc) is 3.30. The number of piperidine rings is 1. The molecule has 1 saturated carbocycles. The van der Waals surface area contributed by atoms with E-state index in [1.165, 1.54) is 12.1 Å². The van der Waals surface area contributed by atoms with E-state index in [0.717, 1.165) is 31.2 Å². The van der Waals surface area contributed by atoms with Gasteiger partial charge in [0.2, 0.25) is 11.8 Å². The molecule has 1 heterocycles. The molecule has 3 atom stereocenters. The van der Waals surface area contributed by atoms with Crippen molar-refractivity contribution in [2.24, 2.45) is 11.8 Å². The van der Waals surface area contributed by atoms with Gasteiger partial charge in [-0.2, -0.15) is 0 Å². The molecule has 1 N–H and O–H groups in total. The van der Waals surface area contributed by atoms with Crippen LogP contribution in [0.5, 0.6) is 0 Å². The Kier molecular flexibility index (Phi) is 4.64. The molecule has 4 nitrogen and oxygen atoms in total. The van der Waals surface area contributed by atoms with Crippen molar-refractivity contribution in [3.8, 4) is 0 Å². The van der Waals surface area contributed by atoms with Gasteiger partial charge in [0.05, 0.1) is 0 Å². The number of halogens is 1. The van der Waals surface area contributed by atoms with E-state index in [1.54, 1.807) is 17.0 Å². The van der Waals surface area contributed by atoms with Crippen LogP contribution >= 0.6 is 0 Å². The van der Waals surface area contributed by atoms with E-state index in [4.69, 9.17) is 0 Å². The van der Waals surface area contributed by atoms with E-state index in [1.807, 2.05) is 0 Å². The Morgan fingerprint density at radius 2 is 1.96 bits per heavy atom. The number of nitrogens with zero attached hydrogens (tertiary/aromatic N) is 1. The minimum absolute atomic E-state index is 0.101. The number of nitrogens with one attached hydrogen (secondary N) is 1. The Morgan fingerprint density at radius 1 is 1.26 bits per heavy atom. The first-order chi connectivity index (χ1) is 11.1. The molecule has 0 bridgehead atoms. The maximum atomic E-state index is 12.9. The molecule has 0 unspecified atom stereocenters. The van der Waals surface area contributed by atoms with Crippen molar-refractivity contribution in [2.45, 2.75) is 45.2 Å². The van der Waals surface area contributed by atoms with Crippen LogP contribution < -0.4 is 5.32 Å². The number of hydrogen-bond acceptors (Lipinski definition) is 2. The average molecular weight is 318 g/mol. The molecule has 1 aliphatic heterocycles. The summed E-state index contributed by atoms with van der Waals surface area (Å²) in [4.78, 5) is 26.8. The number of rotatable bonds is 4. The summed E-state index contributed by atoms with van der Waals surface area (Å²) in [7, 11) is 0. The predicted molar refractivity (Wildman–Crippen MR) is 84.9 cm³/mol. The van der Waals surface area contributed by atoms with Gasteiger partial charge < -0.3 is 10.2 Å². The monoisotopic (exact) mass is 318 g/mol. The second-order valence-electron chi connectivity index (χ2n) is 6.71. The fraction of sp³-hybridized carbons (Fsp3) is 0.556. The quantitative estimate of drug-likeness (QED) is 0.927. The summed E-state index contributed by atoms with van der Waals surface area (Å²) in [6.45, 7) is 3.12. The SMILES string of the molecule is C[C@@H]1C[C@H]1C(=O)N1CCCC[C@H]1C(=O)NCc1ccc(F)cc1. The topological polar surface area (TPSA) is 49.4 Å². The van der Waals surface area contributed by atoms with Crippen molar-refractivity contribution in [3.05, 3.63) is 35.6 Å². The van der Waals surface area contributed by atoms with Gasteiger partial charge in [0.15, 0.2) is 0 Å². The highest BCUT2D eigenvalue weighted by atomic mass is 19.1.